The van der Waals surface area contributed by atoms with Crippen LogP contribution in [0.5, 0.6) is 46.0 Å². The molecular formula is C108H146O14. The van der Waals surface area contributed by atoms with Crippen LogP contribution in [-0.4, -0.2) is 115 Å². The van der Waals surface area contributed by atoms with E-state index < -0.39 is 12.6 Å². The lowest BCUT2D eigenvalue weighted by Gasteiger charge is -2.29. The fourth-order valence-electron chi connectivity index (χ4n) is 16.5. The van der Waals surface area contributed by atoms with E-state index >= 15 is 0 Å². The van der Waals surface area contributed by atoms with Gasteiger partial charge < -0.3 is 62.3 Å². The highest BCUT2D eigenvalue weighted by atomic mass is 16.6. The number of carboxylic acid groups (broad SMARTS) is 1. The monoisotopic (exact) mass is 1670 g/mol. The van der Waals surface area contributed by atoms with Gasteiger partial charge in [-0.05, 0) is 190 Å². The van der Waals surface area contributed by atoms with Crippen molar-refractivity contribution in [3.63, 3.8) is 0 Å². The molecule has 4 aliphatic rings. The second-order valence-electron chi connectivity index (χ2n) is 42.6. The molecule has 0 unspecified atom stereocenters. The third kappa shape index (κ3) is 23.9. The molecule has 14 heteroatoms. The molecule has 662 valence electrons. The molecule has 8 aromatic carbocycles. The molecule has 20 bridgehead atoms. The average molecular weight is 1670 g/mol. The predicted molar refractivity (Wildman–Crippen MR) is 495 cm³/mol. The Bertz CT molecular complexity index is 4750. The molecule has 0 saturated carbocycles. The topological polar surface area (TPSA) is 159 Å². The number of phenolic OH excluding ortho intramolecular Hbond substituents is 1. The molecule has 0 saturated heterocycles. The average Bonchev–Trinajstić information content (AvgIpc) is 0.761. The molecule has 122 heavy (non-hydrogen) atoms. The molecule has 2 N–H and O–H groups in total. The number of ether oxygens (including phenoxy) is 11. The van der Waals surface area contributed by atoms with Crippen LogP contribution in [0.3, 0.4) is 0 Å². The van der Waals surface area contributed by atoms with Crippen molar-refractivity contribution in [3.05, 3.63) is 231 Å². The number of phenols is 1. The van der Waals surface area contributed by atoms with Crippen LogP contribution in [0.15, 0.2) is 97.1 Å². The van der Waals surface area contributed by atoms with Crippen molar-refractivity contribution in [1.29, 1.82) is 0 Å². The van der Waals surface area contributed by atoms with Crippen molar-refractivity contribution in [2.45, 2.75) is 288 Å². The van der Waals surface area contributed by atoms with Gasteiger partial charge in [-0.2, -0.15) is 0 Å². The van der Waals surface area contributed by atoms with Crippen LogP contribution in [0.1, 0.15) is 326 Å². The summed E-state index contributed by atoms with van der Waals surface area (Å²) in [4.78, 5) is 12.7. The second kappa shape index (κ2) is 38.5. The molecule has 0 amide bonds. The van der Waals surface area contributed by atoms with Crippen LogP contribution >= 0.6 is 0 Å². The first-order valence-corrected chi connectivity index (χ1v) is 45.1. The van der Waals surface area contributed by atoms with Gasteiger partial charge in [-0.3, -0.25) is 0 Å². The minimum absolute atomic E-state index is 0.172. The fraction of sp³-hybridized carbons (Fsp3) is 0.546. The van der Waals surface area contributed by atoms with Gasteiger partial charge in [-0.1, -0.05) is 277 Å². The lowest BCUT2D eigenvalue weighted by Crippen LogP contribution is -2.19. The number of rotatable bonds is 9. The second-order valence-corrected chi connectivity index (χ2v) is 42.6. The van der Waals surface area contributed by atoms with Crippen molar-refractivity contribution in [1.82, 2.24) is 0 Å². The van der Waals surface area contributed by atoms with Gasteiger partial charge in [0, 0.05) is 51.4 Å². The zero-order chi connectivity index (χ0) is 88.8. The van der Waals surface area contributed by atoms with Crippen molar-refractivity contribution in [2.24, 2.45) is 0 Å². The van der Waals surface area contributed by atoms with Gasteiger partial charge in [0.1, 0.15) is 72.4 Å². The largest absolute Gasteiger partial charge is 0.507 e. The summed E-state index contributed by atoms with van der Waals surface area (Å²) in [5.41, 5.74) is 22.5. The Labute approximate surface area is 732 Å². The maximum Gasteiger partial charge on any atom is 0.341 e. The summed E-state index contributed by atoms with van der Waals surface area (Å²) >= 11 is 0. The van der Waals surface area contributed by atoms with Crippen molar-refractivity contribution >= 4 is 5.97 Å². The van der Waals surface area contributed by atoms with Gasteiger partial charge in [0.2, 0.25) is 0 Å². The Morgan fingerprint density at radius 3 is 0.623 bits per heavy atom. The maximum atomic E-state index is 13.0. The molecular weight excluding hydrogens is 1520 g/mol. The summed E-state index contributed by atoms with van der Waals surface area (Å²) in [7, 11) is 0. The number of fused-ring (bicyclic) bond motifs is 22. The summed E-state index contributed by atoms with van der Waals surface area (Å²) in [6, 6.07) is 36.8. The number of hydrogen-bond donors (Lipinski definition) is 2. The van der Waals surface area contributed by atoms with Crippen LogP contribution in [0, 0.1) is 0 Å². The summed E-state index contributed by atoms with van der Waals surface area (Å²) in [5.74, 6) is 4.44. The van der Waals surface area contributed by atoms with E-state index in [9.17, 15) is 15.0 Å². The molecule has 8 aromatic rings. The van der Waals surface area contributed by atoms with E-state index in [0.29, 0.717) is 115 Å². The minimum Gasteiger partial charge on any atom is -0.507 e. The molecule has 0 radical (unpaired) electrons. The zero-order valence-electron chi connectivity index (χ0n) is 79.2. The molecule has 2 heterocycles. The highest BCUT2D eigenvalue weighted by Crippen LogP contribution is 2.49. The quantitative estimate of drug-likeness (QED) is 0.131. The van der Waals surface area contributed by atoms with E-state index in [1.54, 1.807) is 0 Å². The van der Waals surface area contributed by atoms with E-state index in [2.05, 4.69) is 277 Å². The maximum absolute atomic E-state index is 13.0. The van der Waals surface area contributed by atoms with E-state index in [0.717, 1.165) is 147 Å². The highest BCUT2D eigenvalue weighted by molar-refractivity contribution is 5.69. The first-order valence-electron chi connectivity index (χ1n) is 45.1. The van der Waals surface area contributed by atoms with E-state index in [4.69, 9.17) is 52.1 Å². The molecule has 0 spiro atoms. The van der Waals surface area contributed by atoms with E-state index in [-0.39, 0.29) is 95.1 Å². The third-order valence-electron chi connectivity index (χ3n) is 23.8. The summed E-state index contributed by atoms with van der Waals surface area (Å²) in [6.07, 6.45) is 5.17. The van der Waals surface area contributed by atoms with Crippen LogP contribution in [-0.2, 0) is 118 Å². The minimum atomic E-state index is -1.09. The molecule has 2 aliphatic carbocycles. The predicted octanol–water partition coefficient (Wildman–Crippen LogP) is 23.5. The Kier molecular flexibility index (Phi) is 29.7. The third-order valence-corrected chi connectivity index (χ3v) is 23.8. The van der Waals surface area contributed by atoms with Crippen molar-refractivity contribution in [3.8, 4) is 46.0 Å². The standard InChI is InChI=1S/C108H146O14/c1-27-29-116-94-72-45-77-60-89(106(18,19)20)61-78-46-73-56-88(105(15,16)17)58-75(95(73)117-30-28-2)48-80-63-90(107(21,22)23)62-79(47-74(94)57-87(55-72)104(12,13)14)98(80)120-41-37-114-33-34-115-38-42-121-99-81-49-76-59-85(102(6,7)8)53-70(96(76)118-39-35-112-31-32-113-36-40-119-97(77)78)43-68-51-84(101(3,4)5)52-69(93(68)111)44-71-54-86(103(9,10)11)66-83(100(71)122-67-92(109)110)50-82(99)65-91(64-81)108(24,25)26/h51-66,111H,27-50,67H2,1-26H3,(H,109,110). The smallest absolute Gasteiger partial charge is 0.341 e. The van der Waals surface area contributed by atoms with Crippen molar-refractivity contribution in [2.75, 3.05) is 99.1 Å². The van der Waals surface area contributed by atoms with E-state index in [1.165, 1.54) is 22.3 Å². The molecule has 0 atom stereocenters. The summed E-state index contributed by atoms with van der Waals surface area (Å²) in [6.45, 7) is 62.5. The molecule has 2 aliphatic heterocycles. The lowest BCUT2D eigenvalue weighted by molar-refractivity contribution is -0.139. The number of benzene rings is 8. The summed E-state index contributed by atoms with van der Waals surface area (Å²) < 4.78 is 76.4. The first kappa shape index (κ1) is 94.2. The highest BCUT2D eigenvalue weighted by Gasteiger charge is 2.34. The SMILES string of the molecule is CCCOc1c2cc(C(C)(C)C)cc1Cc1cc(C(C)(C)C)cc3c1OCCOCCOCCOc1c4cc(C(C)(C)C)cc1Cc1cc(C(C)(C)C)cc(c1OCC(=O)O)Cc1cc(C(C)(C)C)cc(c1O)Cc1cc(C(C)(C)C)cc(c1OCCOCCOCCOc1c(cc(C(C)(C)C)cc1Cc1cc(C(C)(C)C)cc(c1OCCC)C3)C2)C4. The Balaban J connectivity index is 1.06. The van der Waals surface area contributed by atoms with Crippen LogP contribution in [0.25, 0.3) is 0 Å². The van der Waals surface area contributed by atoms with Crippen LogP contribution in [0.4, 0.5) is 0 Å². The number of carboxylic acids is 1. The van der Waals surface area contributed by atoms with Gasteiger partial charge in [-0.25, -0.2) is 4.79 Å². The van der Waals surface area contributed by atoms with Crippen molar-refractivity contribution < 1.29 is 67.1 Å². The normalized spacial score (nSPS) is 15.7. The molecule has 0 aromatic heterocycles. The molecule has 14 nitrogen and oxygen atoms in total. The van der Waals surface area contributed by atoms with E-state index in [1.807, 2.05) is 0 Å². The Morgan fingerprint density at radius 2 is 0.426 bits per heavy atom. The molecule has 12 rings (SSSR count). The van der Waals surface area contributed by atoms with Gasteiger partial charge in [-0.15, -0.1) is 0 Å². The van der Waals surface area contributed by atoms with Gasteiger partial charge in [0.05, 0.1) is 66.1 Å². The van der Waals surface area contributed by atoms with Gasteiger partial charge in [0.25, 0.3) is 0 Å². The lowest BCUT2D eigenvalue weighted by atomic mass is 9.79. The number of carbonyl (C=O) groups is 1. The van der Waals surface area contributed by atoms with Gasteiger partial charge in [0.15, 0.2) is 6.61 Å². The Hall–Kier alpha value is -8.53. The first-order chi connectivity index (χ1) is 57.2. The number of hydrogen-bond acceptors (Lipinski definition) is 13. The van der Waals surface area contributed by atoms with Crippen LogP contribution < -0.4 is 33.2 Å². The number of aliphatic carboxylic acids is 1. The summed E-state index contributed by atoms with van der Waals surface area (Å²) in [5, 5.41) is 23.5. The zero-order valence-corrected chi connectivity index (χ0v) is 79.2. The molecule has 0 fully saturated rings. The Morgan fingerprint density at radius 1 is 0.262 bits per heavy atom. The van der Waals surface area contributed by atoms with Gasteiger partial charge >= 0.3 is 5.97 Å². The number of aromatic hydroxyl groups is 1. The fourth-order valence-corrected chi connectivity index (χ4v) is 16.5. The van der Waals surface area contributed by atoms with Crippen LogP contribution in [0.2, 0.25) is 0 Å².